The van der Waals surface area contributed by atoms with Crippen LogP contribution in [-0.4, -0.2) is 4.92 Å². The van der Waals surface area contributed by atoms with Crippen LogP contribution in [0.5, 0.6) is 0 Å². The van der Waals surface area contributed by atoms with Gasteiger partial charge < -0.3 is 0 Å². The largest absolute Gasteiger partial charge is 0.277 e. The van der Waals surface area contributed by atoms with Gasteiger partial charge in [0.1, 0.15) is 0 Å². The molecule has 0 unspecified atom stereocenters. The molecule has 0 aliphatic heterocycles. The van der Waals surface area contributed by atoms with Crippen LogP contribution in [0.4, 0.5) is 5.69 Å². The second-order valence-corrected chi connectivity index (χ2v) is 3.65. The van der Waals surface area contributed by atoms with Gasteiger partial charge in [-0.2, -0.15) is 5.26 Å². The average Bonchev–Trinajstić information content (AvgIpc) is 2.19. The zero-order chi connectivity index (χ0) is 11.4. The van der Waals surface area contributed by atoms with Crippen LogP contribution >= 0.6 is 15.9 Å². The fourth-order valence-electron chi connectivity index (χ4n) is 1.16. The molecule has 0 atom stereocenters. The molecule has 15 heavy (non-hydrogen) atoms. The number of allylic oxidation sites excluding steroid dienone is 2. The molecule has 0 amide bonds. The van der Waals surface area contributed by atoms with Crippen LogP contribution in [0, 0.1) is 21.4 Å². The van der Waals surface area contributed by atoms with E-state index >= 15 is 0 Å². The van der Waals surface area contributed by atoms with Crippen molar-refractivity contribution in [2.24, 2.45) is 0 Å². The molecule has 0 bridgehead atoms. The Balaban J connectivity index is 3.45. The summed E-state index contributed by atoms with van der Waals surface area (Å²) in [6.45, 7) is 1.67. The summed E-state index contributed by atoms with van der Waals surface area (Å²) in [5.41, 5.74) is 0.565. The maximum absolute atomic E-state index is 10.7. The number of benzene rings is 1. The van der Waals surface area contributed by atoms with Gasteiger partial charge in [-0.3, -0.25) is 10.1 Å². The quantitative estimate of drug-likeness (QED) is 0.469. The minimum absolute atomic E-state index is 0.0622. The van der Waals surface area contributed by atoms with Gasteiger partial charge in [0, 0.05) is 10.5 Å². The normalized spacial score (nSPS) is 10.9. The van der Waals surface area contributed by atoms with Crippen LogP contribution in [0.25, 0.3) is 5.57 Å². The summed E-state index contributed by atoms with van der Waals surface area (Å²) < 4.78 is 0.706. The maximum Gasteiger partial charge on any atom is 0.277 e. The van der Waals surface area contributed by atoms with Crippen LogP contribution in [0.2, 0.25) is 0 Å². The van der Waals surface area contributed by atoms with Gasteiger partial charge >= 0.3 is 0 Å². The van der Waals surface area contributed by atoms with E-state index in [4.69, 9.17) is 5.26 Å². The van der Waals surface area contributed by atoms with Crippen LogP contribution in [0.1, 0.15) is 12.5 Å². The van der Waals surface area contributed by atoms with Crippen LogP contribution < -0.4 is 0 Å². The van der Waals surface area contributed by atoms with E-state index in [1.165, 1.54) is 6.07 Å². The summed E-state index contributed by atoms with van der Waals surface area (Å²) in [6, 6.07) is 6.44. The van der Waals surface area contributed by atoms with Crippen molar-refractivity contribution >= 4 is 27.2 Å². The topological polar surface area (TPSA) is 66.9 Å². The van der Waals surface area contributed by atoms with Gasteiger partial charge in [-0.15, -0.1) is 0 Å². The molecule has 4 nitrogen and oxygen atoms in total. The average molecular weight is 267 g/mol. The van der Waals surface area contributed by atoms with Crippen molar-refractivity contribution in [2.75, 3.05) is 0 Å². The molecule has 76 valence electrons. The maximum atomic E-state index is 10.7. The van der Waals surface area contributed by atoms with E-state index in [0.29, 0.717) is 15.6 Å². The number of nitro benzene ring substituents is 1. The minimum atomic E-state index is -0.497. The Hall–Kier alpha value is -1.67. The molecule has 0 saturated carbocycles. The van der Waals surface area contributed by atoms with Crippen molar-refractivity contribution in [3.8, 4) is 6.07 Å². The zero-order valence-electron chi connectivity index (χ0n) is 7.90. The van der Waals surface area contributed by atoms with Crippen molar-refractivity contribution in [1.29, 1.82) is 5.26 Å². The van der Waals surface area contributed by atoms with E-state index in [2.05, 4.69) is 15.9 Å². The molecule has 1 aromatic carbocycles. The Morgan fingerprint density at radius 3 is 2.80 bits per heavy atom. The van der Waals surface area contributed by atoms with Gasteiger partial charge in [-0.1, -0.05) is 22.0 Å². The predicted molar refractivity (Wildman–Crippen MR) is 60.1 cm³/mol. The number of hydrogen-bond donors (Lipinski definition) is 0. The van der Waals surface area contributed by atoms with E-state index in [0.717, 1.165) is 0 Å². The first-order valence-electron chi connectivity index (χ1n) is 4.11. The van der Waals surface area contributed by atoms with E-state index < -0.39 is 4.92 Å². The van der Waals surface area contributed by atoms with Gasteiger partial charge in [0.05, 0.1) is 22.1 Å². The Morgan fingerprint density at radius 1 is 1.67 bits per heavy atom. The summed E-state index contributed by atoms with van der Waals surface area (Å²) in [6.07, 6.45) is 1.55. The molecule has 0 radical (unpaired) electrons. The summed E-state index contributed by atoms with van der Waals surface area (Å²) in [5, 5.41) is 19.5. The first kappa shape index (κ1) is 11.4. The molecular formula is C10H7BrN2O2. The summed E-state index contributed by atoms with van der Waals surface area (Å²) in [7, 11) is 0. The van der Waals surface area contributed by atoms with Crippen molar-refractivity contribution in [3.05, 3.63) is 44.4 Å². The van der Waals surface area contributed by atoms with Crippen molar-refractivity contribution in [3.63, 3.8) is 0 Å². The molecule has 0 fully saturated rings. The number of nitrogens with zero attached hydrogens (tertiary/aromatic N) is 2. The van der Waals surface area contributed by atoms with Gasteiger partial charge in [-0.25, -0.2) is 0 Å². The van der Waals surface area contributed by atoms with Gasteiger partial charge in [0.25, 0.3) is 5.69 Å². The monoisotopic (exact) mass is 266 g/mol. The predicted octanol–water partition coefficient (Wildman–Crippen LogP) is 3.28. The Labute approximate surface area is 95.1 Å². The fraction of sp³-hybridized carbons (Fsp3) is 0.100. The summed E-state index contributed by atoms with van der Waals surface area (Å²) in [5.74, 6) is 0. The van der Waals surface area contributed by atoms with Crippen molar-refractivity contribution in [2.45, 2.75) is 6.92 Å². The van der Waals surface area contributed by atoms with Crippen molar-refractivity contribution < 1.29 is 4.92 Å². The fourth-order valence-corrected chi connectivity index (χ4v) is 1.52. The third kappa shape index (κ3) is 2.42. The Kier molecular flexibility index (Phi) is 3.58. The smallest absolute Gasteiger partial charge is 0.258 e. The molecule has 0 aliphatic carbocycles. The molecule has 0 spiro atoms. The first-order valence-corrected chi connectivity index (χ1v) is 4.90. The lowest BCUT2D eigenvalue weighted by Crippen LogP contribution is -1.94. The molecule has 1 rings (SSSR count). The number of nitro groups is 1. The van der Waals surface area contributed by atoms with E-state index in [1.807, 2.05) is 6.07 Å². The van der Waals surface area contributed by atoms with Crippen LogP contribution in [0.3, 0.4) is 0 Å². The number of halogens is 1. The van der Waals surface area contributed by atoms with E-state index in [1.54, 1.807) is 25.1 Å². The molecule has 1 aromatic rings. The van der Waals surface area contributed by atoms with E-state index in [9.17, 15) is 10.1 Å². The molecule has 0 aromatic heterocycles. The highest BCUT2D eigenvalue weighted by molar-refractivity contribution is 9.10. The number of nitriles is 1. The molecule has 0 N–H and O–H groups in total. The molecule has 5 heteroatoms. The highest BCUT2D eigenvalue weighted by Crippen LogP contribution is 2.28. The number of rotatable bonds is 2. The lowest BCUT2D eigenvalue weighted by atomic mass is 10.1. The van der Waals surface area contributed by atoms with Gasteiger partial charge in [0.2, 0.25) is 0 Å². The first-order chi connectivity index (χ1) is 7.10. The lowest BCUT2D eigenvalue weighted by molar-refractivity contribution is -0.385. The lowest BCUT2D eigenvalue weighted by Gasteiger charge is -2.01. The van der Waals surface area contributed by atoms with Gasteiger partial charge in [-0.05, 0) is 19.1 Å². The SMILES string of the molecule is C/C=C(\C#N)c1cc(Br)ccc1[N+](=O)[O-]. The Morgan fingerprint density at radius 2 is 2.33 bits per heavy atom. The second kappa shape index (κ2) is 4.71. The van der Waals surface area contributed by atoms with Crippen molar-refractivity contribution in [1.82, 2.24) is 0 Å². The van der Waals surface area contributed by atoms with E-state index in [-0.39, 0.29) is 5.69 Å². The molecule has 0 saturated heterocycles. The summed E-state index contributed by atoms with van der Waals surface area (Å²) >= 11 is 3.21. The number of hydrogen-bond acceptors (Lipinski definition) is 3. The van der Waals surface area contributed by atoms with Crippen LogP contribution in [-0.2, 0) is 0 Å². The second-order valence-electron chi connectivity index (χ2n) is 2.73. The highest BCUT2D eigenvalue weighted by atomic mass is 79.9. The third-order valence-electron chi connectivity index (χ3n) is 1.85. The standard InChI is InChI=1S/C10H7BrN2O2/c1-2-7(6-12)9-5-8(11)3-4-10(9)13(14)15/h2-5H,1H3/b7-2+. The highest BCUT2D eigenvalue weighted by Gasteiger charge is 2.16. The minimum Gasteiger partial charge on any atom is -0.258 e. The Bertz CT molecular complexity index is 475. The molecular weight excluding hydrogens is 260 g/mol. The summed E-state index contributed by atoms with van der Waals surface area (Å²) in [4.78, 5) is 10.2. The molecule has 0 aliphatic rings. The van der Waals surface area contributed by atoms with Gasteiger partial charge in [0.15, 0.2) is 0 Å². The third-order valence-corrected chi connectivity index (χ3v) is 2.35. The molecule has 0 heterocycles. The van der Waals surface area contributed by atoms with Crippen LogP contribution in [0.15, 0.2) is 28.7 Å². The zero-order valence-corrected chi connectivity index (χ0v) is 9.48.